The van der Waals surface area contributed by atoms with Crippen molar-refractivity contribution >= 4 is 27.5 Å². The summed E-state index contributed by atoms with van der Waals surface area (Å²) in [6.45, 7) is 0.216. The van der Waals surface area contributed by atoms with Gasteiger partial charge in [0.2, 0.25) is 15.9 Å². The molecule has 4 rings (SSSR count). The van der Waals surface area contributed by atoms with E-state index in [1.54, 1.807) is 6.07 Å². The van der Waals surface area contributed by atoms with Gasteiger partial charge in [-0.05, 0) is 18.2 Å². The molecule has 158 valence electrons. The molecule has 0 spiro atoms. The van der Waals surface area contributed by atoms with Crippen molar-refractivity contribution in [3.05, 3.63) is 72.6 Å². The predicted octanol–water partition coefficient (Wildman–Crippen LogP) is 1.52. The Balaban J connectivity index is 1.50. The molecule has 2 N–H and O–H groups in total. The monoisotopic (exact) mass is 437 g/mol. The van der Waals surface area contributed by atoms with Crippen LogP contribution in [0.3, 0.4) is 0 Å². The third-order valence-electron chi connectivity index (χ3n) is 4.68. The molecule has 9 nitrogen and oxygen atoms in total. The molecule has 1 fully saturated rings. The van der Waals surface area contributed by atoms with Crippen molar-refractivity contribution in [2.24, 2.45) is 0 Å². The van der Waals surface area contributed by atoms with Crippen LogP contribution in [0.5, 0.6) is 0 Å². The van der Waals surface area contributed by atoms with Crippen LogP contribution >= 0.6 is 0 Å². The number of hydrogen-bond donors (Lipinski definition) is 2. The topological polar surface area (TPSA) is 121 Å². The molecule has 2 aromatic carbocycles. The first-order valence-corrected chi connectivity index (χ1v) is 10.9. The third kappa shape index (κ3) is 4.60. The largest absolute Gasteiger partial charge is 0.354 e. The molecule has 31 heavy (non-hydrogen) atoms. The first-order chi connectivity index (χ1) is 14.9. The molecule has 1 aliphatic rings. The van der Waals surface area contributed by atoms with E-state index in [1.165, 1.54) is 30.6 Å². The molecule has 0 saturated carbocycles. The third-order valence-corrected chi connectivity index (χ3v) is 6.52. The van der Waals surface area contributed by atoms with Gasteiger partial charge in [-0.15, -0.1) is 0 Å². The van der Waals surface area contributed by atoms with E-state index in [1.807, 2.05) is 30.3 Å². The SMILES string of the molecule is O=C1CN(S(=O)(=O)c2cccc(NC(=O)c3cnc(-c4ccccc4)nc3)c2)CCN1. The Morgan fingerprint density at radius 3 is 2.48 bits per heavy atom. The van der Waals surface area contributed by atoms with Gasteiger partial charge in [-0.1, -0.05) is 36.4 Å². The maximum atomic E-state index is 12.8. The molecule has 2 heterocycles. The zero-order valence-electron chi connectivity index (χ0n) is 16.4. The van der Waals surface area contributed by atoms with Crippen molar-refractivity contribution in [3.8, 4) is 11.4 Å². The van der Waals surface area contributed by atoms with E-state index in [9.17, 15) is 18.0 Å². The summed E-state index contributed by atoms with van der Waals surface area (Å²) < 4.78 is 26.8. The van der Waals surface area contributed by atoms with Gasteiger partial charge in [0.15, 0.2) is 5.82 Å². The zero-order valence-corrected chi connectivity index (χ0v) is 17.2. The van der Waals surface area contributed by atoms with Crippen LogP contribution in [-0.2, 0) is 14.8 Å². The fraction of sp³-hybridized carbons (Fsp3) is 0.143. The molecule has 0 unspecified atom stereocenters. The molecule has 10 heteroatoms. The van der Waals surface area contributed by atoms with Crippen molar-refractivity contribution in [2.75, 3.05) is 25.0 Å². The summed E-state index contributed by atoms with van der Waals surface area (Å²) in [7, 11) is -3.86. The van der Waals surface area contributed by atoms with Gasteiger partial charge in [-0.25, -0.2) is 18.4 Å². The van der Waals surface area contributed by atoms with E-state index in [4.69, 9.17) is 0 Å². The minimum atomic E-state index is -3.86. The number of aromatic nitrogens is 2. The van der Waals surface area contributed by atoms with Crippen LogP contribution in [0.25, 0.3) is 11.4 Å². The van der Waals surface area contributed by atoms with Gasteiger partial charge in [-0.2, -0.15) is 4.31 Å². The van der Waals surface area contributed by atoms with Crippen LogP contribution in [0, 0.1) is 0 Å². The van der Waals surface area contributed by atoms with Crippen LogP contribution in [0.4, 0.5) is 5.69 Å². The fourth-order valence-electron chi connectivity index (χ4n) is 3.09. The lowest BCUT2D eigenvalue weighted by molar-refractivity contribution is -0.122. The summed E-state index contributed by atoms with van der Waals surface area (Å²) in [5, 5.41) is 5.25. The molecule has 0 atom stereocenters. The summed E-state index contributed by atoms with van der Waals surface area (Å²) in [5.41, 5.74) is 1.37. The highest BCUT2D eigenvalue weighted by atomic mass is 32.2. The molecule has 0 radical (unpaired) electrons. The van der Waals surface area contributed by atoms with Gasteiger partial charge in [0.25, 0.3) is 5.91 Å². The lowest BCUT2D eigenvalue weighted by Gasteiger charge is -2.26. The first kappa shape index (κ1) is 20.6. The summed E-state index contributed by atoms with van der Waals surface area (Å²) in [5.74, 6) is -0.319. The number of hydrogen-bond acceptors (Lipinski definition) is 6. The highest BCUT2D eigenvalue weighted by Crippen LogP contribution is 2.21. The quantitative estimate of drug-likeness (QED) is 0.624. The highest BCUT2D eigenvalue weighted by molar-refractivity contribution is 7.89. The van der Waals surface area contributed by atoms with Crippen molar-refractivity contribution < 1.29 is 18.0 Å². The average molecular weight is 437 g/mol. The van der Waals surface area contributed by atoms with Crippen molar-refractivity contribution in [2.45, 2.75) is 4.90 Å². The number of nitrogens with zero attached hydrogens (tertiary/aromatic N) is 3. The van der Waals surface area contributed by atoms with Gasteiger partial charge >= 0.3 is 0 Å². The number of rotatable bonds is 5. The Labute approximate surface area is 179 Å². The van der Waals surface area contributed by atoms with E-state index in [0.717, 1.165) is 9.87 Å². The highest BCUT2D eigenvalue weighted by Gasteiger charge is 2.29. The molecule has 2 amide bonds. The van der Waals surface area contributed by atoms with Gasteiger partial charge in [-0.3, -0.25) is 9.59 Å². The van der Waals surface area contributed by atoms with Crippen LogP contribution < -0.4 is 10.6 Å². The molecule has 1 aliphatic heterocycles. The molecule has 1 saturated heterocycles. The van der Waals surface area contributed by atoms with Crippen molar-refractivity contribution in [1.82, 2.24) is 19.6 Å². The van der Waals surface area contributed by atoms with E-state index < -0.39 is 15.9 Å². The smallest absolute Gasteiger partial charge is 0.258 e. The molecular weight excluding hydrogens is 418 g/mol. The molecule has 0 bridgehead atoms. The second kappa shape index (κ2) is 8.62. The van der Waals surface area contributed by atoms with Gasteiger partial charge in [0.05, 0.1) is 17.0 Å². The molecule has 3 aromatic rings. The summed E-state index contributed by atoms with van der Waals surface area (Å²) in [6.07, 6.45) is 2.83. The molecule has 0 aliphatic carbocycles. The second-order valence-electron chi connectivity index (χ2n) is 6.83. The van der Waals surface area contributed by atoms with Gasteiger partial charge < -0.3 is 10.6 Å². The standard InChI is InChI=1S/C21H19N5O4S/c27-19-14-26(10-9-22-19)31(29,30)18-8-4-7-17(11-18)25-21(28)16-12-23-20(24-13-16)15-5-2-1-3-6-15/h1-8,11-13H,9-10,14H2,(H,22,27)(H,25,28). The number of amides is 2. The van der Waals surface area contributed by atoms with Gasteiger partial charge in [0, 0.05) is 36.7 Å². The Bertz CT molecular complexity index is 1210. The Morgan fingerprint density at radius 2 is 1.77 bits per heavy atom. The lowest BCUT2D eigenvalue weighted by atomic mass is 10.2. The van der Waals surface area contributed by atoms with Crippen LogP contribution in [0.2, 0.25) is 0 Å². The minimum absolute atomic E-state index is 0.00400. The average Bonchev–Trinajstić information content (AvgIpc) is 2.80. The van der Waals surface area contributed by atoms with Crippen molar-refractivity contribution in [1.29, 1.82) is 0 Å². The maximum Gasteiger partial charge on any atom is 0.258 e. The number of piperazine rings is 1. The minimum Gasteiger partial charge on any atom is -0.354 e. The van der Waals surface area contributed by atoms with Crippen LogP contribution in [0.1, 0.15) is 10.4 Å². The number of carbonyl (C=O) groups excluding carboxylic acids is 2. The van der Waals surface area contributed by atoms with Crippen molar-refractivity contribution in [3.63, 3.8) is 0 Å². The number of nitrogens with one attached hydrogen (secondary N) is 2. The molecular formula is C21H19N5O4S. The first-order valence-electron chi connectivity index (χ1n) is 9.49. The number of carbonyl (C=O) groups is 2. The van der Waals surface area contributed by atoms with E-state index in [2.05, 4.69) is 20.6 Å². The number of sulfonamides is 1. The van der Waals surface area contributed by atoms with Crippen LogP contribution in [0.15, 0.2) is 71.9 Å². The van der Waals surface area contributed by atoms with E-state index in [0.29, 0.717) is 11.5 Å². The van der Waals surface area contributed by atoms with E-state index in [-0.39, 0.29) is 36.0 Å². The molecule has 1 aromatic heterocycles. The second-order valence-corrected chi connectivity index (χ2v) is 8.77. The van der Waals surface area contributed by atoms with E-state index >= 15 is 0 Å². The number of anilines is 1. The number of benzene rings is 2. The Morgan fingerprint density at radius 1 is 1.03 bits per heavy atom. The Kier molecular flexibility index (Phi) is 5.74. The fourth-order valence-corrected chi connectivity index (χ4v) is 4.53. The predicted molar refractivity (Wildman–Crippen MR) is 114 cm³/mol. The summed E-state index contributed by atoms with van der Waals surface area (Å²) in [6, 6.07) is 15.3. The lowest BCUT2D eigenvalue weighted by Crippen LogP contribution is -2.49. The summed E-state index contributed by atoms with van der Waals surface area (Å²) >= 11 is 0. The zero-order chi connectivity index (χ0) is 21.8. The maximum absolute atomic E-state index is 12.8. The normalized spacial score (nSPS) is 14.6. The Hall–Kier alpha value is -3.63. The summed E-state index contributed by atoms with van der Waals surface area (Å²) in [4.78, 5) is 32.6. The van der Waals surface area contributed by atoms with Crippen LogP contribution in [-0.4, -0.2) is 54.1 Å². The van der Waals surface area contributed by atoms with Gasteiger partial charge in [0.1, 0.15) is 0 Å².